The predicted octanol–water partition coefficient (Wildman–Crippen LogP) is -3.35. The Morgan fingerprint density at radius 3 is 2.38 bits per heavy atom. The molecule has 0 aliphatic carbocycles. The van der Waals surface area contributed by atoms with Crippen LogP contribution in [0.25, 0.3) is 0 Å². The van der Waals surface area contributed by atoms with Gasteiger partial charge in [0.2, 0.25) is 0 Å². The largest absolute Gasteiger partial charge is 1.00 e. The molecule has 0 aliphatic heterocycles. The molecule has 0 fully saturated rings. The molecule has 0 unspecified atom stereocenters. The van der Waals surface area contributed by atoms with Crippen LogP contribution in [0.5, 0.6) is 0 Å². The van der Waals surface area contributed by atoms with E-state index in [2.05, 4.69) is 5.32 Å². The third-order valence-corrected chi connectivity index (χ3v) is 1.36. The van der Waals surface area contributed by atoms with Gasteiger partial charge in [-0.3, -0.25) is 4.79 Å². The summed E-state index contributed by atoms with van der Waals surface area (Å²) in [7, 11) is 0. The minimum absolute atomic E-state index is 0. The van der Waals surface area contributed by atoms with Crippen molar-refractivity contribution in [2.75, 3.05) is 13.2 Å². The molecule has 0 amide bonds. The minimum atomic E-state index is -0.896. The number of hydrogen-bond donors (Lipinski definition) is 3. The van der Waals surface area contributed by atoms with Crippen molar-refractivity contribution in [1.29, 1.82) is 0 Å². The Kier molecular flexibility index (Phi) is 18.1. The van der Waals surface area contributed by atoms with Crippen LogP contribution in [0.4, 0.5) is 0 Å². The molecule has 0 aliphatic rings. The number of hydrogen-bond acceptors (Lipinski definition) is 4. The predicted molar refractivity (Wildman–Crippen MR) is 43.4 cm³/mol. The monoisotopic (exact) mass is 201 g/mol. The van der Waals surface area contributed by atoms with E-state index in [9.17, 15) is 4.79 Å². The third kappa shape index (κ3) is 10.3. The molecule has 0 saturated carbocycles. The summed E-state index contributed by atoms with van der Waals surface area (Å²) < 4.78 is 0. The molecule has 0 spiro atoms. The van der Waals surface area contributed by atoms with E-state index in [1.54, 1.807) is 0 Å². The molecule has 1 atom stereocenters. The van der Waals surface area contributed by atoms with Gasteiger partial charge in [-0.15, -0.1) is 0 Å². The number of aliphatic hydroxyl groups excluding tert-OH is 1. The second-order valence-electron chi connectivity index (χ2n) is 2.36. The number of carbonyl (C=O) groups is 1. The average Bonchev–Trinajstić information content (AvgIpc) is 1.97. The smallest absolute Gasteiger partial charge is 0.870 e. The van der Waals surface area contributed by atoms with E-state index in [0.717, 1.165) is 6.42 Å². The number of nitrogens with one attached hydrogen (secondary N) is 1. The van der Waals surface area contributed by atoms with Crippen LogP contribution >= 0.6 is 0 Å². The van der Waals surface area contributed by atoms with Crippen LogP contribution < -0.4 is 34.9 Å². The van der Waals surface area contributed by atoms with Gasteiger partial charge in [0, 0.05) is 6.61 Å². The first-order valence-electron chi connectivity index (χ1n) is 3.79. The molecule has 6 heteroatoms. The van der Waals surface area contributed by atoms with Crippen molar-refractivity contribution in [3.63, 3.8) is 0 Å². The molecule has 0 heterocycles. The van der Waals surface area contributed by atoms with E-state index in [4.69, 9.17) is 10.2 Å². The maximum absolute atomic E-state index is 10.4. The number of rotatable bonds is 6. The van der Waals surface area contributed by atoms with E-state index in [1.807, 2.05) is 6.92 Å². The summed E-state index contributed by atoms with van der Waals surface area (Å²) in [5.74, 6) is -0.896. The molecule has 0 rings (SSSR count). The first-order chi connectivity index (χ1) is 5.22. The number of aliphatic carboxylic acids is 1. The Labute approximate surface area is 100 Å². The zero-order valence-electron chi connectivity index (χ0n) is 8.16. The van der Waals surface area contributed by atoms with Crippen molar-refractivity contribution in [2.45, 2.75) is 25.8 Å². The van der Waals surface area contributed by atoms with E-state index >= 15 is 0 Å². The molecule has 0 bridgehead atoms. The van der Waals surface area contributed by atoms with Gasteiger partial charge < -0.3 is 21.0 Å². The van der Waals surface area contributed by atoms with Gasteiger partial charge >= 0.3 is 35.5 Å². The Morgan fingerprint density at radius 2 is 2.08 bits per heavy atom. The normalized spacial score (nSPS) is 10.9. The van der Waals surface area contributed by atoms with Crippen molar-refractivity contribution in [3.05, 3.63) is 0 Å². The third-order valence-electron chi connectivity index (χ3n) is 1.36. The van der Waals surface area contributed by atoms with Crippen LogP contribution in [-0.4, -0.2) is 40.9 Å². The second-order valence-corrected chi connectivity index (χ2v) is 2.36. The summed E-state index contributed by atoms with van der Waals surface area (Å²) >= 11 is 0. The average molecular weight is 201 g/mol. The van der Waals surface area contributed by atoms with Crippen molar-refractivity contribution in [2.24, 2.45) is 0 Å². The fourth-order valence-corrected chi connectivity index (χ4v) is 0.761. The van der Waals surface area contributed by atoms with E-state index in [-0.39, 0.29) is 48.1 Å². The molecule has 0 radical (unpaired) electrons. The van der Waals surface area contributed by atoms with E-state index in [1.165, 1.54) is 0 Å². The summed E-state index contributed by atoms with van der Waals surface area (Å²) in [6.45, 7) is 2.55. The van der Waals surface area contributed by atoms with Gasteiger partial charge in [-0.25, -0.2) is 0 Å². The SMILES string of the molecule is CCCN[C@@H](CCO)C(=O)O.[Na+].[OH-]. The maximum atomic E-state index is 10.4. The quantitative estimate of drug-likeness (QED) is 0.390. The standard InChI is InChI=1S/C7H15NO3.Na.H2O/c1-2-4-8-6(3-5-9)7(10)11;;/h6,8-9H,2-5H2,1H3,(H,10,11);;1H2/q;+1;/p-1/t6-;;/m0../s1. The molecular formula is C7H16NNaO4. The van der Waals surface area contributed by atoms with Gasteiger partial charge in [0.15, 0.2) is 0 Å². The van der Waals surface area contributed by atoms with Crippen molar-refractivity contribution >= 4 is 5.97 Å². The number of carboxylic acid groups (broad SMARTS) is 1. The summed E-state index contributed by atoms with van der Waals surface area (Å²) in [5.41, 5.74) is 0. The van der Waals surface area contributed by atoms with Crippen LogP contribution in [0.15, 0.2) is 0 Å². The number of aliphatic hydroxyl groups is 1. The Balaban J connectivity index is -0.000000500. The van der Waals surface area contributed by atoms with Gasteiger partial charge in [-0.1, -0.05) is 6.92 Å². The van der Waals surface area contributed by atoms with E-state index in [0.29, 0.717) is 6.54 Å². The van der Waals surface area contributed by atoms with Gasteiger partial charge in [-0.2, -0.15) is 0 Å². The fraction of sp³-hybridized carbons (Fsp3) is 0.857. The van der Waals surface area contributed by atoms with Gasteiger partial charge in [0.05, 0.1) is 0 Å². The summed E-state index contributed by atoms with van der Waals surface area (Å²) in [5, 5.41) is 19.8. The molecule has 0 aromatic rings. The van der Waals surface area contributed by atoms with Crippen molar-refractivity contribution in [3.8, 4) is 0 Å². The van der Waals surface area contributed by atoms with Crippen LogP contribution in [0, 0.1) is 0 Å². The Bertz CT molecular complexity index is 123. The second kappa shape index (κ2) is 12.3. The van der Waals surface area contributed by atoms with Crippen LogP contribution in [0.1, 0.15) is 19.8 Å². The molecule has 74 valence electrons. The zero-order chi connectivity index (χ0) is 8.69. The summed E-state index contributed by atoms with van der Waals surface area (Å²) in [6.07, 6.45) is 1.17. The van der Waals surface area contributed by atoms with Crippen LogP contribution in [-0.2, 0) is 4.79 Å². The van der Waals surface area contributed by atoms with Gasteiger partial charge in [0.25, 0.3) is 0 Å². The summed E-state index contributed by atoms with van der Waals surface area (Å²) in [6, 6.07) is -0.597. The minimum Gasteiger partial charge on any atom is -0.870 e. The number of carboxylic acids is 1. The maximum Gasteiger partial charge on any atom is 1.00 e. The molecular weight excluding hydrogens is 185 g/mol. The van der Waals surface area contributed by atoms with Gasteiger partial charge in [-0.05, 0) is 19.4 Å². The molecule has 0 saturated heterocycles. The topological polar surface area (TPSA) is 99.6 Å². The van der Waals surface area contributed by atoms with Gasteiger partial charge in [0.1, 0.15) is 6.04 Å². The first-order valence-corrected chi connectivity index (χ1v) is 3.79. The Hall–Kier alpha value is 0.350. The van der Waals surface area contributed by atoms with E-state index < -0.39 is 12.0 Å². The van der Waals surface area contributed by atoms with Crippen molar-refractivity contribution in [1.82, 2.24) is 5.32 Å². The molecule has 13 heavy (non-hydrogen) atoms. The zero-order valence-corrected chi connectivity index (χ0v) is 10.2. The van der Waals surface area contributed by atoms with Crippen LogP contribution in [0.2, 0.25) is 0 Å². The molecule has 0 aromatic heterocycles. The molecule has 5 nitrogen and oxygen atoms in total. The van der Waals surface area contributed by atoms with Crippen molar-refractivity contribution < 1.29 is 50.0 Å². The van der Waals surface area contributed by atoms with Crippen LogP contribution in [0.3, 0.4) is 0 Å². The molecule has 4 N–H and O–H groups in total. The fourth-order valence-electron chi connectivity index (χ4n) is 0.761. The first kappa shape index (κ1) is 19.0. The Morgan fingerprint density at radius 1 is 1.54 bits per heavy atom. The molecule has 0 aromatic carbocycles. The summed E-state index contributed by atoms with van der Waals surface area (Å²) in [4.78, 5) is 10.4.